The van der Waals surface area contributed by atoms with Crippen LogP contribution >= 0.6 is 0 Å². The summed E-state index contributed by atoms with van der Waals surface area (Å²) in [7, 11) is -1.25. The van der Waals surface area contributed by atoms with Gasteiger partial charge in [0.15, 0.2) is 0 Å². The number of oxazole rings is 1. The van der Waals surface area contributed by atoms with Crippen LogP contribution in [0.15, 0.2) is 34.9 Å². The number of benzene rings is 1. The average molecular weight is 319 g/mol. The van der Waals surface area contributed by atoms with Gasteiger partial charge < -0.3 is 9.52 Å². The predicted molar refractivity (Wildman–Crippen MR) is 70.7 cm³/mol. The van der Waals surface area contributed by atoms with Gasteiger partial charge in [-0.15, -0.1) is 0 Å². The average Bonchev–Trinajstić information content (AvgIpc) is 2.86. The van der Waals surface area contributed by atoms with Crippen LogP contribution < -0.4 is 0 Å². The van der Waals surface area contributed by atoms with Crippen LogP contribution in [0, 0.1) is 0 Å². The van der Waals surface area contributed by atoms with Crippen LogP contribution in [0.4, 0.5) is 13.2 Å². The molecule has 0 bridgehead atoms. The zero-order chi connectivity index (χ0) is 15.5. The predicted octanol–water partition coefficient (Wildman–Crippen LogP) is 2.60. The van der Waals surface area contributed by atoms with Crippen molar-refractivity contribution in [2.75, 3.05) is 12.4 Å². The van der Waals surface area contributed by atoms with Crippen LogP contribution in [-0.4, -0.2) is 26.7 Å². The molecule has 2 aromatic rings. The highest BCUT2D eigenvalue weighted by Gasteiger charge is 2.30. The summed E-state index contributed by atoms with van der Waals surface area (Å²) >= 11 is 0. The molecule has 114 valence electrons. The van der Waals surface area contributed by atoms with Gasteiger partial charge in [0, 0.05) is 22.1 Å². The minimum Gasteiger partial charge on any atom is -0.444 e. The second-order valence-electron chi connectivity index (χ2n) is 4.23. The molecule has 0 amide bonds. The Morgan fingerprint density at radius 2 is 1.90 bits per heavy atom. The molecule has 1 atom stereocenters. The first-order valence-corrected chi connectivity index (χ1v) is 7.47. The first kappa shape index (κ1) is 15.7. The van der Waals surface area contributed by atoms with Crippen molar-refractivity contribution in [3.63, 3.8) is 0 Å². The molecule has 1 unspecified atom stereocenters. The summed E-state index contributed by atoms with van der Waals surface area (Å²) in [5.74, 6) is 0.437. The highest BCUT2D eigenvalue weighted by Crippen LogP contribution is 2.30. The Kier molecular flexibility index (Phi) is 4.79. The number of aliphatic hydroxyl groups is 1. The van der Waals surface area contributed by atoms with E-state index in [1.807, 2.05) is 0 Å². The molecule has 1 aromatic carbocycles. The van der Waals surface area contributed by atoms with Crippen molar-refractivity contribution >= 4 is 10.8 Å². The molecule has 0 spiro atoms. The molecule has 0 saturated heterocycles. The quantitative estimate of drug-likeness (QED) is 0.920. The van der Waals surface area contributed by atoms with E-state index in [2.05, 4.69) is 4.98 Å². The van der Waals surface area contributed by atoms with Gasteiger partial charge in [-0.2, -0.15) is 13.2 Å². The topological polar surface area (TPSA) is 63.3 Å². The molecule has 1 aromatic heterocycles. The minimum absolute atomic E-state index is 0.130. The molecule has 4 nitrogen and oxygen atoms in total. The lowest BCUT2D eigenvalue weighted by Crippen LogP contribution is -2.04. The summed E-state index contributed by atoms with van der Waals surface area (Å²) in [4.78, 5) is 4.07. The van der Waals surface area contributed by atoms with Crippen LogP contribution in [0.25, 0.3) is 11.5 Å². The molecule has 0 fully saturated rings. The Morgan fingerprint density at radius 1 is 1.24 bits per heavy atom. The lowest BCUT2D eigenvalue weighted by Gasteiger charge is -2.05. The zero-order valence-corrected chi connectivity index (χ0v) is 11.6. The second kappa shape index (κ2) is 6.40. The summed E-state index contributed by atoms with van der Waals surface area (Å²) < 4.78 is 54.0. The van der Waals surface area contributed by atoms with Gasteiger partial charge in [-0.1, -0.05) is 0 Å². The molecule has 0 radical (unpaired) electrons. The Hall–Kier alpha value is -1.67. The van der Waals surface area contributed by atoms with Gasteiger partial charge in [0.05, 0.1) is 23.6 Å². The Balaban J connectivity index is 2.12. The van der Waals surface area contributed by atoms with Crippen LogP contribution in [0.1, 0.15) is 11.3 Å². The van der Waals surface area contributed by atoms with Crippen LogP contribution in [0.2, 0.25) is 0 Å². The Labute approximate surface area is 121 Å². The summed E-state index contributed by atoms with van der Waals surface area (Å²) in [5, 5.41) is 8.66. The van der Waals surface area contributed by atoms with E-state index in [9.17, 15) is 17.4 Å². The maximum Gasteiger partial charge on any atom is 0.416 e. The number of aromatic nitrogens is 1. The summed E-state index contributed by atoms with van der Waals surface area (Å²) in [5.41, 5.74) is 0.0842. The third-order valence-electron chi connectivity index (χ3n) is 2.64. The van der Waals surface area contributed by atoms with Crippen molar-refractivity contribution in [1.82, 2.24) is 4.98 Å². The van der Waals surface area contributed by atoms with Crippen molar-refractivity contribution in [1.29, 1.82) is 0 Å². The zero-order valence-electron chi connectivity index (χ0n) is 10.8. The highest BCUT2D eigenvalue weighted by molar-refractivity contribution is 7.84. The first-order chi connectivity index (χ1) is 9.90. The van der Waals surface area contributed by atoms with E-state index < -0.39 is 22.5 Å². The number of alkyl halides is 3. The largest absolute Gasteiger partial charge is 0.444 e. The van der Waals surface area contributed by atoms with Gasteiger partial charge in [0.2, 0.25) is 5.89 Å². The lowest BCUT2D eigenvalue weighted by molar-refractivity contribution is -0.137. The van der Waals surface area contributed by atoms with E-state index in [4.69, 9.17) is 9.52 Å². The summed E-state index contributed by atoms with van der Waals surface area (Å²) in [6.45, 7) is -0.184. The third kappa shape index (κ3) is 4.15. The SMILES string of the molecule is O=S(CCO)Cc1coc(-c2ccc(C(F)(F)F)cc2)n1. The molecular formula is C13H12F3NO3S. The number of hydrogen-bond acceptors (Lipinski definition) is 4. The van der Waals surface area contributed by atoms with Crippen LogP contribution in [0.3, 0.4) is 0 Å². The van der Waals surface area contributed by atoms with E-state index in [-0.39, 0.29) is 24.0 Å². The molecule has 0 aliphatic carbocycles. The number of nitrogens with zero attached hydrogens (tertiary/aromatic N) is 1. The standard InChI is InChI=1S/C13H12F3NO3S/c14-13(15,16)10-3-1-9(2-4-10)12-17-11(7-20-12)8-21(19)6-5-18/h1-4,7,18H,5-6,8H2. The molecule has 0 aliphatic rings. The van der Waals surface area contributed by atoms with E-state index in [1.54, 1.807) is 0 Å². The van der Waals surface area contributed by atoms with Crippen molar-refractivity contribution in [2.24, 2.45) is 0 Å². The molecule has 1 N–H and O–H groups in total. The Bertz CT molecular complexity index is 622. The monoisotopic (exact) mass is 319 g/mol. The summed E-state index contributed by atoms with van der Waals surface area (Å²) in [6.07, 6.45) is -3.08. The van der Waals surface area contributed by atoms with Gasteiger partial charge in [-0.05, 0) is 24.3 Å². The van der Waals surface area contributed by atoms with Crippen LogP contribution in [-0.2, 0) is 22.7 Å². The first-order valence-electron chi connectivity index (χ1n) is 5.98. The molecule has 0 saturated carbocycles. The molecular weight excluding hydrogens is 307 g/mol. The summed E-state index contributed by atoms with van der Waals surface area (Å²) in [6, 6.07) is 4.43. The molecule has 8 heteroatoms. The highest BCUT2D eigenvalue weighted by atomic mass is 32.2. The van der Waals surface area contributed by atoms with Crippen molar-refractivity contribution in [3.05, 3.63) is 41.8 Å². The molecule has 1 heterocycles. The maximum atomic E-state index is 12.4. The van der Waals surface area contributed by atoms with Crippen molar-refractivity contribution in [2.45, 2.75) is 11.9 Å². The van der Waals surface area contributed by atoms with E-state index >= 15 is 0 Å². The third-order valence-corrected chi connectivity index (χ3v) is 3.89. The van der Waals surface area contributed by atoms with Crippen LogP contribution in [0.5, 0.6) is 0 Å². The maximum absolute atomic E-state index is 12.4. The van der Waals surface area contributed by atoms with Gasteiger partial charge in [0.1, 0.15) is 6.26 Å². The Morgan fingerprint density at radius 3 is 2.48 bits per heavy atom. The number of rotatable bonds is 5. The fourth-order valence-corrected chi connectivity index (χ4v) is 2.46. The second-order valence-corrected chi connectivity index (χ2v) is 5.81. The molecule has 0 aliphatic heterocycles. The van der Waals surface area contributed by atoms with E-state index in [1.165, 1.54) is 18.4 Å². The number of halogens is 3. The van der Waals surface area contributed by atoms with Gasteiger partial charge in [-0.25, -0.2) is 4.98 Å². The molecule has 2 rings (SSSR count). The number of aliphatic hydroxyl groups excluding tert-OH is 1. The fraction of sp³-hybridized carbons (Fsp3) is 0.308. The smallest absolute Gasteiger partial charge is 0.416 e. The van der Waals surface area contributed by atoms with E-state index in [0.717, 1.165) is 12.1 Å². The van der Waals surface area contributed by atoms with Gasteiger partial charge in [0.25, 0.3) is 0 Å². The van der Waals surface area contributed by atoms with Gasteiger partial charge in [-0.3, -0.25) is 4.21 Å². The van der Waals surface area contributed by atoms with Crippen molar-refractivity contribution in [3.8, 4) is 11.5 Å². The molecule has 21 heavy (non-hydrogen) atoms. The lowest BCUT2D eigenvalue weighted by atomic mass is 10.1. The normalized spacial score (nSPS) is 13.3. The number of hydrogen-bond donors (Lipinski definition) is 1. The van der Waals surface area contributed by atoms with E-state index in [0.29, 0.717) is 11.3 Å². The minimum atomic E-state index is -4.39. The van der Waals surface area contributed by atoms with Crippen molar-refractivity contribution < 1.29 is 26.9 Å². The fourth-order valence-electron chi connectivity index (χ4n) is 1.65. The van der Waals surface area contributed by atoms with Gasteiger partial charge >= 0.3 is 6.18 Å².